The molecule has 24 heavy (non-hydrogen) atoms. The van der Waals surface area contributed by atoms with Crippen LogP contribution >= 0.6 is 0 Å². The zero-order valence-electron chi connectivity index (χ0n) is 14.5. The molecule has 1 unspecified atom stereocenters. The molecule has 1 aliphatic heterocycles. The van der Waals surface area contributed by atoms with Gasteiger partial charge in [0.2, 0.25) is 0 Å². The largest absolute Gasteiger partial charge is 0.325 e. The average molecular weight is 326 g/mol. The molecule has 3 amide bonds. The maximum Gasteiger partial charge on any atom is 0.325 e. The van der Waals surface area contributed by atoms with Gasteiger partial charge in [0, 0.05) is 18.8 Å². The summed E-state index contributed by atoms with van der Waals surface area (Å²) in [5.74, 6) is -0.221. The zero-order chi connectivity index (χ0) is 17.5. The fraction of sp³-hybridized carbons (Fsp3) is 0.389. The fourth-order valence-electron chi connectivity index (χ4n) is 3.14. The lowest BCUT2D eigenvalue weighted by molar-refractivity contribution is -0.132. The molecule has 6 nitrogen and oxygen atoms in total. The molecule has 3 rings (SSSR count). The first-order chi connectivity index (χ1) is 11.4. The molecule has 0 radical (unpaired) electrons. The SMILES string of the molecule is CCC1(c2cnn(C)c2)NC(=O)N(Cc2ccc(C)c(C)c2)C1=O. The van der Waals surface area contributed by atoms with Crippen molar-refractivity contribution < 1.29 is 9.59 Å². The quantitative estimate of drug-likeness (QED) is 0.877. The Hall–Kier alpha value is -2.63. The molecule has 1 N–H and O–H groups in total. The first kappa shape index (κ1) is 16.2. The smallest absolute Gasteiger partial charge is 0.319 e. The molecule has 1 aromatic heterocycles. The summed E-state index contributed by atoms with van der Waals surface area (Å²) in [7, 11) is 1.79. The molecule has 126 valence electrons. The van der Waals surface area contributed by atoms with Crippen molar-refractivity contribution in [3.8, 4) is 0 Å². The maximum atomic E-state index is 13.0. The lowest BCUT2D eigenvalue weighted by Gasteiger charge is -2.23. The molecule has 1 fully saturated rings. The third-order valence-corrected chi connectivity index (χ3v) is 4.82. The maximum absolute atomic E-state index is 13.0. The van der Waals surface area contributed by atoms with E-state index in [-0.39, 0.29) is 18.5 Å². The van der Waals surface area contributed by atoms with Crippen molar-refractivity contribution >= 4 is 11.9 Å². The van der Waals surface area contributed by atoms with Gasteiger partial charge in [0.05, 0.1) is 12.7 Å². The standard InChI is InChI=1S/C18H22N4O2/c1-5-18(15-9-19-21(4)11-15)16(23)22(17(24)20-18)10-14-7-6-12(2)13(3)8-14/h6-9,11H,5,10H2,1-4H3,(H,20,24). The number of hydrogen-bond donors (Lipinski definition) is 1. The van der Waals surface area contributed by atoms with Gasteiger partial charge in [-0.15, -0.1) is 0 Å². The van der Waals surface area contributed by atoms with Crippen LogP contribution in [-0.4, -0.2) is 26.6 Å². The summed E-state index contributed by atoms with van der Waals surface area (Å²) in [5, 5.41) is 7.02. The monoisotopic (exact) mass is 326 g/mol. The summed E-state index contributed by atoms with van der Waals surface area (Å²) in [6.45, 7) is 6.23. The fourth-order valence-corrected chi connectivity index (χ4v) is 3.14. The van der Waals surface area contributed by atoms with E-state index in [0.717, 1.165) is 11.1 Å². The van der Waals surface area contributed by atoms with Gasteiger partial charge in [-0.1, -0.05) is 25.1 Å². The van der Waals surface area contributed by atoms with E-state index in [1.165, 1.54) is 10.5 Å². The Morgan fingerprint density at radius 2 is 1.96 bits per heavy atom. The van der Waals surface area contributed by atoms with Gasteiger partial charge < -0.3 is 5.32 Å². The molecule has 0 spiro atoms. The second-order valence-electron chi connectivity index (χ2n) is 6.40. The summed E-state index contributed by atoms with van der Waals surface area (Å²) in [6, 6.07) is 5.63. The van der Waals surface area contributed by atoms with Gasteiger partial charge in [-0.3, -0.25) is 14.4 Å². The van der Waals surface area contributed by atoms with Crippen LogP contribution in [0.1, 0.15) is 35.6 Å². The lowest BCUT2D eigenvalue weighted by atomic mass is 9.89. The molecule has 0 bridgehead atoms. The number of benzene rings is 1. The minimum Gasteiger partial charge on any atom is -0.319 e. The van der Waals surface area contributed by atoms with E-state index in [0.29, 0.717) is 12.0 Å². The van der Waals surface area contributed by atoms with Gasteiger partial charge in [-0.05, 0) is 37.0 Å². The third kappa shape index (κ3) is 2.48. The van der Waals surface area contributed by atoms with Gasteiger partial charge in [-0.25, -0.2) is 4.79 Å². The van der Waals surface area contributed by atoms with E-state index in [4.69, 9.17) is 0 Å². The average Bonchev–Trinajstić information content (AvgIpc) is 3.08. The molecule has 2 aromatic rings. The molecule has 0 aliphatic carbocycles. The van der Waals surface area contributed by atoms with Crippen LogP contribution in [0.3, 0.4) is 0 Å². The Morgan fingerprint density at radius 3 is 2.54 bits per heavy atom. The summed E-state index contributed by atoms with van der Waals surface area (Å²) < 4.78 is 1.64. The first-order valence-electron chi connectivity index (χ1n) is 8.06. The Morgan fingerprint density at radius 1 is 1.21 bits per heavy atom. The van der Waals surface area contributed by atoms with E-state index in [1.54, 1.807) is 24.1 Å². The number of hydrogen-bond acceptors (Lipinski definition) is 3. The predicted molar refractivity (Wildman–Crippen MR) is 90.2 cm³/mol. The van der Waals surface area contributed by atoms with Crippen molar-refractivity contribution in [1.29, 1.82) is 0 Å². The van der Waals surface area contributed by atoms with Crippen LogP contribution in [0.25, 0.3) is 0 Å². The number of rotatable bonds is 4. The second kappa shape index (κ2) is 5.78. The molecular weight excluding hydrogens is 304 g/mol. The van der Waals surface area contributed by atoms with Crippen LogP contribution < -0.4 is 5.32 Å². The van der Waals surface area contributed by atoms with Crippen molar-refractivity contribution in [3.05, 3.63) is 52.8 Å². The first-order valence-corrected chi connectivity index (χ1v) is 8.06. The Bertz CT molecular complexity index is 811. The zero-order valence-corrected chi connectivity index (χ0v) is 14.5. The summed E-state index contributed by atoms with van der Waals surface area (Å²) >= 11 is 0. The van der Waals surface area contributed by atoms with Crippen LogP contribution in [0.15, 0.2) is 30.6 Å². The number of carbonyl (C=O) groups excluding carboxylic acids is 2. The van der Waals surface area contributed by atoms with Crippen LogP contribution in [-0.2, 0) is 23.9 Å². The molecule has 1 aliphatic rings. The van der Waals surface area contributed by atoms with E-state index >= 15 is 0 Å². The van der Waals surface area contributed by atoms with Crippen molar-refractivity contribution in [2.75, 3.05) is 0 Å². The minimum atomic E-state index is -1.02. The van der Waals surface area contributed by atoms with Gasteiger partial charge in [-0.2, -0.15) is 5.10 Å². The molecule has 1 aromatic carbocycles. The number of aryl methyl sites for hydroxylation is 3. The van der Waals surface area contributed by atoms with Crippen LogP contribution in [0.5, 0.6) is 0 Å². The highest BCUT2D eigenvalue weighted by Crippen LogP contribution is 2.33. The van der Waals surface area contributed by atoms with Crippen LogP contribution in [0.4, 0.5) is 4.79 Å². The summed E-state index contributed by atoms with van der Waals surface area (Å²) in [4.78, 5) is 26.8. The topological polar surface area (TPSA) is 67.2 Å². The van der Waals surface area contributed by atoms with Crippen molar-refractivity contribution in [3.63, 3.8) is 0 Å². The number of urea groups is 1. The number of nitrogens with one attached hydrogen (secondary N) is 1. The van der Waals surface area contributed by atoms with Crippen LogP contribution in [0.2, 0.25) is 0 Å². The number of imide groups is 1. The van der Waals surface area contributed by atoms with Gasteiger partial charge in [0.1, 0.15) is 5.54 Å². The van der Waals surface area contributed by atoms with Gasteiger partial charge in [0.25, 0.3) is 5.91 Å². The van der Waals surface area contributed by atoms with E-state index in [2.05, 4.69) is 10.4 Å². The lowest BCUT2D eigenvalue weighted by Crippen LogP contribution is -2.43. The molecule has 6 heteroatoms. The normalized spacial score (nSPS) is 20.6. The summed E-state index contributed by atoms with van der Waals surface area (Å²) in [6.07, 6.45) is 3.90. The number of nitrogens with zero attached hydrogens (tertiary/aromatic N) is 3. The van der Waals surface area contributed by atoms with Crippen molar-refractivity contribution in [2.45, 2.75) is 39.3 Å². The molecular formula is C18H22N4O2. The minimum absolute atomic E-state index is 0.221. The highest BCUT2D eigenvalue weighted by Gasteiger charge is 2.51. The van der Waals surface area contributed by atoms with Gasteiger partial charge >= 0.3 is 6.03 Å². The van der Waals surface area contributed by atoms with Crippen molar-refractivity contribution in [1.82, 2.24) is 20.0 Å². The number of aromatic nitrogens is 2. The van der Waals surface area contributed by atoms with E-state index in [1.807, 2.05) is 39.0 Å². The summed E-state index contributed by atoms with van der Waals surface area (Å²) in [5.41, 5.74) is 2.97. The van der Waals surface area contributed by atoms with Gasteiger partial charge in [0.15, 0.2) is 0 Å². The van der Waals surface area contributed by atoms with E-state index in [9.17, 15) is 9.59 Å². The number of carbonyl (C=O) groups is 2. The molecule has 2 heterocycles. The van der Waals surface area contributed by atoms with E-state index < -0.39 is 5.54 Å². The second-order valence-corrected chi connectivity index (χ2v) is 6.40. The van der Waals surface area contributed by atoms with Crippen LogP contribution in [0, 0.1) is 13.8 Å². The number of amides is 3. The molecule has 0 saturated carbocycles. The third-order valence-electron chi connectivity index (χ3n) is 4.82. The Kier molecular flexibility index (Phi) is 3.91. The highest BCUT2D eigenvalue weighted by molar-refractivity contribution is 6.07. The Labute approximate surface area is 141 Å². The highest BCUT2D eigenvalue weighted by atomic mass is 16.2. The molecule has 1 saturated heterocycles. The van der Waals surface area contributed by atoms with Crippen molar-refractivity contribution in [2.24, 2.45) is 7.05 Å². The Balaban J connectivity index is 1.92. The molecule has 1 atom stereocenters. The predicted octanol–water partition coefficient (Wildman–Crippen LogP) is 2.39.